The average molecular weight is 714 g/mol. The summed E-state index contributed by atoms with van der Waals surface area (Å²) in [4.78, 5) is 81.6. The minimum Gasteiger partial charge on any atom is -0.445 e. The van der Waals surface area contributed by atoms with Crippen molar-refractivity contribution < 1.29 is 33.5 Å². The van der Waals surface area contributed by atoms with Crippen LogP contribution in [0.5, 0.6) is 0 Å². The Bertz CT molecular complexity index is 1440. The van der Waals surface area contributed by atoms with Gasteiger partial charge in [0.25, 0.3) is 5.91 Å². The lowest BCUT2D eigenvalue weighted by molar-refractivity contribution is -0.141. The highest BCUT2D eigenvalue weighted by atomic mass is 35.5. The Morgan fingerprint density at radius 2 is 1.68 bits per heavy atom. The van der Waals surface area contributed by atoms with Crippen molar-refractivity contribution in [2.75, 3.05) is 13.1 Å². The second-order valence-electron chi connectivity index (χ2n) is 15.8. The van der Waals surface area contributed by atoms with E-state index in [0.717, 1.165) is 44.9 Å². The zero-order valence-corrected chi connectivity index (χ0v) is 30.2. The van der Waals surface area contributed by atoms with Gasteiger partial charge in [0, 0.05) is 41.0 Å². The molecule has 4 fully saturated rings. The number of halogens is 1. The van der Waals surface area contributed by atoms with E-state index >= 15 is 0 Å². The van der Waals surface area contributed by atoms with Crippen molar-refractivity contribution in [1.29, 1.82) is 0 Å². The Morgan fingerprint density at radius 1 is 0.980 bits per heavy atom. The zero-order chi connectivity index (χ0) is 36.1. The van der Waals surface area contributed by atoms with Gasteiger partial charge in [-0.05, 0) is 68.6 Å². The summed E-state index contributed by atoms with van der Waals surface area (Å²) >= 11 is 6.06. The molecule has 0 radical (unpaired) electrons. The van der Waals surface area contributed by atoms with E-state index in [2.05, 4.69) is 21.3 Å². The molecule has 2 aliphatic carbocycles. The number of Topliss-reactive ketones (excluding diaryl/α,β-unsaturated/α-hetero) is 1. The number of hydrogen-bond donors (Lipinski definition) is 4. The van der Waals surface area contributed by atoms with Crippen molar-refractivity contribution in [1.82, 2.24) is 26.2 Å². The highest BCUT2D eigenvalue weighted by Crippen LogP contribution is 2.37. The van der Waals surface area contributed by atoms with Gasteiger partial charge >= 0.3 is 6.09 Å². The fourth-order valence-corrected chi connectivity index (χ4v) is 7.70. The molecule has 2 saturated heterocycles. The molecule has 5 amide bonds. The lowest BCUT2D eigenvalue weighted by Crippen LogP contribution is -2.55. The third-order valence-electron chi connectivity index (χ3n) is 10.5. The van der Waals surface area contributed by atoms with Gasteiger partial charge in [0.05, 0.1) is 6.04 Å². The number of ketones is 1. The Kier molecular flexibility index (Phi) is 12.1. The highest BCUT2D eigenvalue weighted by Gasteiger charge is 2.48. The molecule has 2 saturated carbocycles. The second kappa shape index (κ2) is 16.1. The van der Waals surface area contributed by atoms with Crippen LogP contribution in [-0.4, -0.2) is 77.2 Å². The van der Waals surface area contributed by atoms with Crippen molar-refractivity contribution in [3.63, 3.8) is 0 Å². The molecule has 4 N–H and O–H groups in total. The number of nitrogens with one attached hydrogen (secondary N) is 4. The van der Waals surface area contributed by atoms with Crippen LogP contribution in [0, 0.1) is 17.3 Å². The molecule has 0 aromatic heterocycles. The van der Waals surface area contributed by atoms with E-state index in [0.29, 0.717) is 49.4 Å². The number of benzene rings is 1. The normalized spacial score (nSPS) is 21.9. The van der Waals surface area contributed by atoms with E-state index in [1.165, 1.54) is 0 Å². The quantitative estimate of drug-likeness (QED) is 0.236. The summed E-state index contributed by atoms with van der Waals surface area (Å²) < 4.78 is 5.42. The standard InChI is InChI=1S/C37H52ClN5O7/c1-36(2,3)34(48)43-16-14-37(15-17-43)21-25(31(45)42-37)20-28(30(44)33(47)39-27-12-13-27)40-32(46)29(19-23-8-5-4-6-9-23)41-35(49)50-22-24-10-7-11-26(38)18-24/h7,10-11,18,23,25,27-29H,4-6,8-9,12-17,19-22H2,1-3H3,(H,39,47)(H,40,46)(H,41,49)(H,42,45)/t25?,28?,29-/m0/s1. The maximum absolute atomic E-state index is 14.0. The van der Waals surface area contributed by atoms with Crippen LogP contribution in [0.15, 0.2) is 24.3 Å². The van der Waals surface area contributed by atoms with Gasteiger partial charge in [-0.2, -0.15) is 0 Å². The number of nitrogens with zero attached hydrogens (tertiary/aromatic N) is 1. The molecular formula is C37H52ClN5O7. The molecule has 3 atom stereocenters. The van der Waals surface area contributed by atoms with Crippen molar-refractivity contribution in [2.24, 2.45) is 17.3 Å². The van der Waals surface area contributed by atoms with Crippen LogP contribution < -0.4 is 21.3 Å². The van der Waals surface area contributed by atoms with Crippen molar-refractivity contribution in [3.8, 4) is 0 Å². The van der Waals surface area contributed by atoms with Gasteiger partial charge in [0.1, 0.15) is 12.6 Å². The van der Waals surface area contributed by atoms with Crippen LogP contribution in [0.25, 0.3) is 0 Å². The number of hydrogen-bond acceptors (Lipinski definition) is 7. The molecule has 4 aliphatic rings. The average Bonchev–Trinajstić information content (AvgIpc) is 3.84. The molecule has 1 aromatic carbocycles. The summed E-state index contributed by atoms with van der Waals surface area (Å²) in [6, 6.07) is 4.56. The number of rotatable bonds is 12. The highest BCUT2D eigenvalue weighted by molar-refractivity contribution is 6.38. The number of amides is 5. The van der Waals surface area contributed by atoms with Gasteiger partial charge in [-0.3, -0.25) is 24.0 Å². The van der Waals surface area contributed by atoms with E-state index in [4.69, 9.17) is 16.3 Å². The Balaban J connectivity index is 1.27. The lowest BCUT2D eigenvalue weighted by atomic mass is 9.81. The Hall–Kier alpha value is -3.67. The van der Waals surface area contributed by atoms with Gasteiger partial charge in [-0.15, -0.1) is 0 Å². The van der Waals surface area contributed by atoms with Crippen LogP contribution in [0.2, 0.25) is 5.02 Å². The maximum Gasteiger partial charge on any atom is 0.408 e. The molecule has 50 heavy (non-hydrogen) atoms. The third-order valence-corrected chi connectivity index (χ3v) is 10.7. The smallest absolute Gasteiger partial charge is 0.408 e. The topological polar surface area (TPSA) is 163 Å². The van der Waals surface area contributed by atoms with Crippen LogP contribution in [-0.2, 0) is 35.3 Å². The molecule has 2 heterocycles. The van der Waals surface area contributed by atoms with Gasteiger partial charge in [0.2, 0.25) is 23.5 Å². The Morgan fingerprint density at radius 3 is 2.32 bits per heavy atom. The summed E-state index contributed by atoms with van der Waals surface area (Å²) in [7, 11) is 0. The monoisotopic (exact) mass is 713 g/mol. The van der Waals surface area contributed by atoms with E-state index in [9.17, 15) is 28.8 Å². The van der Waals surface area contributed by atoms with Crippen LogP contribution >= 0.6 is 11.6 Å². The second-order valence-corrected chi connectivity index (χ2v) is 16.2. The van der Waals surface area contributed by atoms with Crippen molar-refractivity contribution >= 4 is 47.1 Å². The molecule has 1 spiro atoms. The first kappa shape index (κ1) is 37.6. The minimum atomic E-state index is -1.27. The van der Waals surface area contributed by atoms with Gasteiger partial charge < -0.3 is 30.9 Å². The fourth-order valence-electron chi connectivity index (χ4n) is 7.49. The van der Waals surface area contributed by atoms with Gasteiger partial charge in [0.15, 0.2) is 0 Å². The first-order valence-corrected chi connectivity index (χ1v) is 18.5. The molecule has 12 nitrogen and oxygen atoms in total. The number of alkyl carbamates (subject to hydrolysis) is 1. The molecule has 2 unspecified atom stereocenters. The molecule has 0 bridgehead atoms. The molecule has 2 aliphatic heterocycles. The zero-order valence-electron chi connectivity index (χ0n) is 29.5. The minimum absolute atomic E-state index is 0.0483. The van der Waals surface area contributed by atoms with Crippen LogP contribution in [0.3, 0.4) is 0 Å². The van der Waals surface area contributed by atoms with Crippen LogP contribution in [0.1, 0.15) is 103 Å². The summed E-state index contributed by atoms with van der Waals surface area (Å²) in [5.41, 5.74) is -0.343. The number of likely N-dealkylation sites (tertiary alicyclic amines) is 1. The lowest BCUT2D eigenvalue weighted by Gasteiger charge is -2.41. The largest absolute Gasteiger partial charge is 0.445 e. The summed E-state index contributed by atoms with van der Waals surface area (Å²) in [6.07, 6.45) is 7.65. The summed E-state index contributed by atoms with van der Waals surface area (Å²) in [5, 5.41) is 11.8. The van der Waals surface area contributed by atoms with Gasteiger partial charge in [-0.25, -0.2) is 4.79 Å². The molecule has 1 aromatic rings. The molecule has 13 heteroatoms. The Labute approximate surface area is 299 Å². The third kappa shape index (κ3) is 10.2. The summed E-state index contributed by atoms with van der Waals surface area (Å²) in [6.45, 7) is 6.63. The van der Waals surface area contributed by atoms with E-state index in [-0.39, 0.29) is 36.8 Å². The van der Waals surface area contributed by atoms with Gasteiger partial charge in [-0.1, -0.05) is 76.6 Å². The van der Waals surface area contributed by atoms with E-state index in [1.54, 1.807) is 24.3 Å². The number of carbonyl (C=O) groups is 6. The first-order valence-electron chi connectivity index (χ1n) is 18.2. The van der Waals surface area contributed by atoms with E-state index < -0.39 is 52.6 Å². The van der Waals surface area contributed by atoms with E-state index in [1.807, 2.05) is 25.7 Å². The number of carbonyl (C=O) groups excluding carboxylic acids is 6. The molecular weight excluding hydrogens is 662 g/mol. The summed E-state index contributed by atoms with van der Waals surface area (Å²) in [5.74, 6) is -2.83. The predicted molar refractivity (Wildman–Crippen MR) is 187 cm³/mol. The molecule has 274 valence electrons. The van der Waals surface area contributed by atoms with Crippen molar-refractivity contribution in [3.05, 3.63) is 34.9 Å². The number of piperidine rings is 1. The first-order chi connectivity index (χ1) is 23.7. The molecule has 5 rings (SSSR count). The fraction of sp³-hybridized carbons (Fsp3) is 0.676. The van der Waals surface area contributed by atoms with Crippen molar-refractivity contribution in [2.45, 2.75) is 128 Å². The maximum atomic E-state index is 14.0. The predicted octanol–water partition coefficient (Wildman–Crippen LogP) is 4.17. The SMILES string of the molecule is CC(C)(C)C(=O)N1CCC2(CC1)CC(CC(NC(=O)[C@H](CC1CCCCC1)NC(=O)OCc1cccc(Cl)c1)C(=O)C(=O)NC1CC1)C(=O)N2. The van der Waals surface area contributed by atoms with Crippen LogP contribution in [0.4, 0.5) is 4.79 Å². The number of ether oxygens (including phenoxy) is 1.